The van der Waals surface area contributed by atoms with Gasteiger partial charge in [0.15, 0.2) is 0 Å². The summed E-state index contributed by atoms with van der Waals surface area (Å²) in [4.78, 5) is 7.08. The zero-order chi connectivity index (χ0) is 13.0. The Balaban J connectivity index is 1.89. The molecular weight excluding hydrogens is 220 g/mol. The molecule has 0 bridgehead atoms. The maximum absolute atomic E-state index is 4.63. The van der Waals surface area contributed by atoms with Crippen LogP contribution >= 0.6 is 0 Å². The van der Waals surface area contributed by atoms with E-state index in [1.165, 1.54) is 18.5 Å². The molecule has 2 rings (SSSR count). The molecule has 1 aliphatic rings. The van der Waals surface area contributed by atoms with Crippen molar-refractivity contribution in [2.24, 2.45) is 16.8 Å². The van der Waals surface area contributed by atoms with E-state index in [4.69, 9.17) is 0 Å². The molecular formula is C16H24N2. The third kappa shape index (κ3) is 3.42. The van der Waals surface area contributed by atoms with Gasteiger partial charge in [-0.1, -0.05) is 37.3 Å². The van der Waals surface area contributed by atoms with Crippen molar-refractivity contribution in [2.45, 2.75) is 32.9 Å². The number of nitrogens with zero attached hydrogens (tertiary/aromatic N) is 2. The van der Waals surface area contributed by atoms with E-state index in [0.29, 0.717) is 17.9 Å². The Morgan fingerprint density at radius 1 is 1.28 bits per heavy atom. The van der Waals surface area contributed by atoms with Gasteiger partial charge in [-0.15, -0.1) is 0 Å². The minimum Gasteiger partial charge on any atom is -0.303 e. The van der Waals surface area contributed by atoms with E-state index in [2.05, 4.69) is 61.3 Å². The average Bonchev–Trinajstić information content (AvgIpc) is 2.37. The molecule has 1 fully saturated rings. The van der Waals surface area contributed by atoms with Crippen molar-refractivity contribution in [1.29, 1.82) is 0 Å². The first-order chi connectivity index (χ1) is 8.66. The Kier molecular flexibility index (Phi) is 4.54. The molecule has 0 aromatic heterocycles. The van der Waals surface area contributed by atoms with E-state index in [9.17, 15) is 0 Å². The lowest BCUT2D eigenvalue weighted by Crippen LogP contribution is -2.43. The van der Waals surface area contributed by atoms with E-state index >= 15 is 0 Å². The van der Waals surface area contributed by atoms with Crippen molar-refractivity contribution in [3.8, 4) is 0 Å². The van der Waals surface area contributed by atoms with Crippen LogP contribution in [0.2, 0.25) is 0 Å². The number of benzene rings is 1. The predicted octanol–water partition coefficient (Wildman–Crippen LogP) is 3.23. The fourth-order valence-corrected chi connectivity index (χ4v) is 2.66. The van der Waals surface area contributed by atoms with Gasteiger partial charge in [-0.05, 0) is 37.8 Å². The van der Waals surface area contributed by atoms with Crippen LogP contribution in [0.4, 0.5) is 0 Å². The second-order valence-electron chi connectivity index (χ2n) is 5.64. The van der Waals surface area contributed by atoms with Crippen molar-refractivity contribution in [1.82, 2.24) is 4.90 Å². The van der Waals surface area contributed by atoms with Crippen LogP contribution in [-0.2, 0) is 6.54 Å². The molecule has 0 N–H and O–H groups in total. The summed E-state index contributed by atoms with van der Waals surface area (Å²) < 4.78 is 0. The number of aliphatic imine (C=N–C) groups is 1. The normalized spacial score (nSPS) is 29.8. The minimum atomic E-state index is 0.639. The maximum atomic E-state index is 4.63. The summed E-state index contributed by atoms with van der Waals surface area (Å²) in [6.45, 7) is 6.64. The van der Waals surface area contributed by atoms with Crippen LogP contribution in [0.3, 0.4) is 0 Å². The van der Waals surface area contributed by atoms with Crippen molar-refractivity contribution >= 4 is 6.21 Å². The molecule has 0 saturated carbocycles. The SMILES string of the molecule is C[C@@H]1CN(C)[C@@H](C)C[C@H]1C=NCc1ccccc1. The smallest absolute Gasteiger partial charge is 0.0635 e. The van der Waals surface area contributed by atoms with E-state index in [1.807, 2.05) is 6.07 Å². The number of likely N-dealkylation sites (tertiary alicyclic amines) is 1. The standard InChI is InChI=1S/C16H24N2/c1-13-12-18(3)14(2)9-16(13)11-17-10-15-7-5-4-6-8-15/h4-8,11,13-14,16H,9-10,12H2,1-3H3/t13-,14+,16+/m1/s1. The summed E-state index contributed by atoms with van der Waals surface area (Å²) in [6.07, 6.45) is 3.43. The first-order valence-corrected chi connectivity index (χ1v) is 6.91. The molecule has 0 unspecified atom stereocenters. The lowest BCUT2D eigenvalue weighted by molar-refractivity contribution is 0.134. The zero-order valence-corrected chi connectivity index (χ0v) is 11.7. The van der Waals surface area contributed by atoms with Crippen LogP contribution in [-0.4, -0.2) is 30.7 Å². The minimum absolute atomic E-state index is 0.639. The first kappa shape index (κ1) is 13.3. The fourth-order valence-electron chi connectivity index (χ4n) is 2.66. The summed E-state index contributed by atoms with van der Waals surface area (Å²) in [6, 6.07) is 11.1. The van der Waals surface area contributed by atoms with Gasteiger partial charge in [-0.2, -0.15) is 0 Å². The number of rotatable bonds is 3. The van der Waals surface area contributed by atoms with Crippen LogP contribution in [0.15, 0.2) is 35.3 Å². The van der Waals surface area contributed by atoms with Crippen LogP contribution in [0.1, 0.15) is 25.8 Å². The monoisotopic (exact) mass is 244 g/mol. The molecule has 1 heterocycles. The molecule has 18 heavy (non-hydrogen) atoms. The zero-order valence-electron chi connectivity index (χ0n) is 11.7. The van der Waals surface area contributed by atoms with Crippen molar-refractivity contribution < 1.29 is 0 Å². The molecule has 1 aliphatic heterocycles. The van der Waals surface area contributed by atoms with Gasteiger partial charge < -0.3 is 4.90 Å². The van der Waals surface area contributed by atoms with Gasteiger partial charge in [0.05, 0.1) is 6.54 Å². The lowest BCUT2D eigenvalue weighted by Gasteiger charge is -2.38. The highest BCUT2D eigenvalue weighted by Crippen LogP contribution is 2.25. The van der Waals surface area contributed by atoms with Gasteiger partial charge >= 0.3 is 0 Å². The number of hydrogen-bond acceptors (Lipinski definition) is 2. The molecule has 0 amide bonds. The Labute approximate surface area is 111 Å². The topological polar surface area (TPSA) is 15.6 Å². The van der Waals surface area contributed by atoms with Crippen molar-refractivity contribution in [2.75, 3.05) is 13.6 Å². The maximum Gasteiger partial charge on any atom is 0.0635 e. The first-order valence-electron chi connectivity index (χ1n) is 6.91. The largest absolute Gasteiger partial charge is 0.303 e. The molecule has 1 aromatic carbocycles. The van der Waals surface area contributed by atoms with Gasteiger partial charge in [0.2, 0.25) is 0 Å². The van der Waals surface area contributed by atoms with Crippen molar-refractivity contribution in [3.05, 3.63) is 35.9 Å². The number of piperidine rings is 1. The van der Waals surface area contributed by atoms with Crippen LogP contribution in [0.25, 0.3) is 0 Å². The van der Waals surface area contributed by atoms with Crippen molar-refractivity contribution in [3.63, 3.8) is 0 Å². The van der Waals surface area contributed by atoms with Gasteiger partial charge in [-0.3, -0.25) is 4.99 Å². The Hall–Kier alpha value is -1.15. The summed E-state index contributed by atoms with van der Waals surface area (Å²) in [5.74, 6) is 1.35. The Bertz CT molecular complexity index is 385. The molecule has 2 nitrogen and oxygen atoms in total. The Morgan fingerprint density at radius 3 is 2.72 bits per heavy atom. The summed E-state index contributed by atoms with van der Waals surface area (Å²) in [7, 11) is 2.22. The average molecular weight is 244 g/mol. The van der Waals surface area contributed by atoms with Gasteiger partial charge in [-0.25, -0.2) is 0 Å². The molecule has 2 heteroatoms. The molecule has 3 atom stereocenters. The molecule has 0 spiro atoms. The second-order valence-corrected chi connectivity index (χ2v) is 5.64. The van der Waals surface area contributed by atoms with E-state index in [0.717, 1.165) is 6.54 Å². The highest BCUT2D eigenvalue weighted by molar-refractivity contribution is 5.61. The van der Waals surface area contributed by atoms with Crippen LogP contribution in [0, 0.1) is 11.8 Å². The molecule has 0 radical (unpaired) electrons. The highest BCUT2D eigenvalue weighted by atomic mass is 15.1. The summed E-state index contributed by atoms with van der Waals surface area (Å²) in [5.41, 5.74) is 1.29. The third-order valence-corrected chi connectivity index (χ3v) is 4.09. The lowest BCUT2D eigenvalue weighted by atomic mass is 9.84. The fraction of sp³-hybridized carbons (Fsp3) is 0.562. The summed E-state index contributed by atoms with van der Waals surface area (Å²) >= 11 is 0. The van der Waals surface area contributed by atoms with Gasteiger partial charge in [0.25, 0.3) is 0 Å². The molecule has 1 saturated heterocycles. The molecule has 0 aliphatic carbocycles. The third-order valence-electron chi connectivity index (χ3n) is 4.09. The van der Waals surface area contributed by atoms with E-state index in [1.54, 1.807) is 0 Å². The summed E-state index contributed by atoms with van der Waals surface area (Å²) in [5, 5.41) is 0. The van der Waals surface area contributed by atoms with E-state index in [-0.39, 0.29) is 0 Å². The number of hydrogen-bond donors (Lipinski definition) is 0. The second kappa shape index (κ2) is 6.14. The van der Waals surface area contributed by atoms with Crippen LogP contribution in [0.5, 0.6) is 0 Å². The van der Waals surface area contributed by atoms with Gasteiger partial charge in [0.1, 0.15) is 0 Å². The highest BCUT2D eigenvalue weighted by Gasteiger charge is 2.27. The van der Waals surface area contributed by atoms with Gasteiger partial charge in [0, 0.05) is 18.8 Å². The quantitative estimate of drug-likeness (QED) is 0.745. The molecule has 1 aromatic rings. The Morgan fingerprint density at radius 2 is 2.00 bits per heavy atom. The molecule has 98 valence electrons. The van der Waals surface area contributed by atoms with Crippen LogP contribution < -0.4 is 0 Å². The van der Waals surface area contributed by atoms with E-state index < -0.39 is 0 Å². The predicted molar refractivity (Wildman–Crippen MR) is 78.0 cm³/mol.